The van der Waals surface area contributed by atoms with Crippen LogP contribution in [-0.2, 0) is 13.1 Å². The lowest BCUT2D eigenvalue weighted by atomic mass is 10.0. The number of rotatable bonds is 9. The van der Waals surface area contributed by atoms with E-state index in [9.17, 15) is 13.9 Å². The third-order valence-electron chi connectivity index (χ3n) is 9.55. The van der Waals surface area contributed by atoms with E-state index in [1.54, 1.807) is 50.1 Å². The highest BCUT2D eigenvalue weighted by Crippen LogP contribution is 2.33. The largest absolute Gasteiger partial charge is 0.506 e. The van der Waals surface area contributed by atoms with E-state index in [0.717, 1.165) is 32.9 Å². The molecule has 0 saturated heterocycles. The van der Waals surface area contributed by atoms with Crippen molar-refractivity contribution in [2.75, 3.05) is 17.7 Å². The SMILES string of the molecule is COc1cccc2cc(CNc3ncnc4nc[nH]c34)c(-c3cccc(F)c3)nc12.Oc1cccc2cc(CNc3ncnc4nc[nH]c34)c(-c3cccc(F)c3)nc12. The van der Waals surface area contributed by atoms with Gasteiger partial charge in [-0.25, -0.2) is 48.7 Å². The van der Waals surface area contributed by atoms with Crippen molar-refractivity contribution < 1.29 is 18.6 Å². The summed E-state index contributed by atoms with van der Waals surface area (Å²) in [5.41, 5.74) is 8.06. The van der Waals surface area contributed by atoms with Crippen LogP contribution in [0.3, 0.4) is 0 Å². The lowest BCUT2D eigenvalue weighted by Crippen LogP contribution is -2.06. The van der Waals surface area contributed by atoms with Crippen molar-refractivity contribution >= 4 is 55.8 Å². The molecule has 0 saturated carbocycles. The zero-order chi connectivity index (χ0) is 40.3. The average molecular weight is 787 g/mol. The number of hydrogen-bond donors (Lipinski definition) is 5. The van der Waals surface area contributed by atoms with Crippen LogP contribution >= 0.6 is 0 Å². The number of pyridine rings is 2. The minimum atomic E-state index is -0.351. The Bertz CT molecular complexity index is 3140. The van der Waals surface area contributed by atoms with Gasteiger partial charge in [-0.15, -0.1) is 0 Å². The van der Waals surface area contributed by atoms with Crippen molar-refractivity contribution in [3.63, 3.8) is 0 Å². The Labute approximate surface area is 333 Å². The van der Waals surface area contributed by atoms with Gasteiger partial charge >= 0.3 is 0 Å². The number of hydrogen-bond acceptors (Lipinski definition) is 12. The van der Waals surface area contributed by atoms with E-state index >= 15 is 0 Å². The van der Waals surface area contributed by atoms with Gasteiger partial charge in [-0.2, -0.15) is 0 Å². The van der Waals surface area contributed by atoms with Gasteiger partial charge in [0.2, 0.25) is 0 Å². The molecule has 0 radical (unpaired) electrons. The number of nitrogens with zero attached hydrogens (tertiary/aromatic N) is 8. The molecule has 59 heavy (non-hydrogen) atoms. The summed E-state index contributed by atoms with van der Waals surface area (Å²) in [5, 5.41) is 18.5. The number of phenolic OH excluding ortho intramolecular Hbond substituents is 1. The summed E-state index contributed by atoms with van der Waals surface area (Å²) < 4.78 is 33.3. The number of benzene rings is 4. The first-order valence-corrected chi connectivity index (χ1v) is 18.3. The van der Waals surface area contributed by atoms with E-state index in [2.05, 4.69) is 55.5 Å². The maximum Gasteiger partial charge on any atom is 0.182 e. The minimum absolute atomic E-state index is 0.0784. The van der Waals surface area contributed by atoms with Gasteiger partial charge in [0.25, 0.3) is 0 Å². The lowest BCUT2D eigenvalue weighted by Gasteiger charge is -2.14. The van der Waals surface area contributed by atoms with Crippen LogP contribution in [-0.4, -0.2) is 62.1 Å². The second-order valence-corrected chi connectivity index (χ2v) is 13.2. The second kappa shape index (κ2) is 15.8. The highest BCUT2D eigenvalue weighted by molar-refractivity contribution is 5.90. The summed E-state index contributed by atoms with van der Waals surface area (Å²) >= 11 is 0. The molecule has 0 spiro atoms. The lowest BCUT2D eigenvalue weighted by molar-refractivity contribution is 0.419. The van der Waals surface area contributed by atoms with Gasteiger partial charge in [-0.3, -0.25) is 0 Å². The van der Waals surface area contributed by atoms with Crippen LogP contribution < -0.4 is 15.4 Å². The predicted molar refractivity (Wildman–Crippen MR) is 221 cm³/mol. The Kier molecular flexibility index (Phi) is 9.76. The van der Waals surface area contributed by atoms with E-state index in [1.165, 1.54) is 36.9 Å². The van der Waals surface area contributed by atoms with Crippen LogP contribution in [0.2, 0.25) is 0 Å². The predicted octanol–water partition coefficient (Wildman–Crippen LogP) is 8.35. The summed E-state index contributed by atoms with van der Waals surface area (Å²) in [6.45, 7) is 0.812. The van der Waals surface area contributed by atoms with E-state index < -0.39 is 0 Å². The molecule has 5 N–H and O–H groups in total. The molecule has 0 atom stereocenters. The van der Waals surface area contributed by atoms with Gasteiger partial charge in [0.15, 0.2) is 22.9 Å². The number of phenols is 1. The van der Waals surface area contributed by atoms with Gasteiger partial charge in [0, 0.05) is 35.0 Å². The van der Waals surface area contributed by atoms with Gasteiger partial charge in [0.1, 0.15) is 57.9 Å². The Balaban J connectivity index is 0.000000152. The first kappa shape index (κ1) is 36.5. The molecule has 0 aliphatic rings. The molecule has 0 fully saturated rings. The van der Waals surface area contributed by atoms with Crippen molar-refractivity contribution in [1.82, 2.24) is 49.8 Å². The molecule has 0 bridgehead atoms. The number of H-pyrrole nitrogens is 2. The van der Waals surface area contributed by atoms with Crippen LogP contribution in [0.5, 0.6) is 11.5 Å². The van der Waals surface area contributed by atoms with Crippen LogP contribution in [0, 0.1) is 11.6 Å². The van der Waals surface area contributed by atoms with E-state index in [1.807, 2.05) is 42.5 Å². The maximum atomic E-state index is 13.9. The zero-order valence-electron chi connectivity index (χ0n) is 31.2. The Morgan fingerprint density at radius 2 is 1.10 bits per heavy atom. The number of para-hydroxylation sites is 2. The first-order valence-electron chi connectivity index (χ1n) is 18.3. The summed E-state index contributed by atoms with van der Waals surface area (Å²) in [5.74, 6) is 1.32. The van der Waals surface area contributed by atoms with Crippen LogP contribution in [0.25, 0.3) is 66.6 Å². The fraction of sp³-hybridized carbons (Fsp3) is 0.0698. The molecule has 10 aromatic rings. The van der Waals surface area contributed by atoms with Gasteiger partial charge < -0.3 is 30.4 Å². The first-order chi connectivity index (χ1) is 28.9. The number of nitrogens with one attached hydrogen (secondary N) is 4. The topological polar surface area (TPSA) is 188 Å². The molecule has 0 unspecified atom stereocenters. The molecule has 10 rings (SSSR count). The summed E-state index contributed by atoms with van der Waals surface area (Å²) in [6, 6.07) is 27.6. The molecule has 0 amide bonds. The zero-order valence-corrected chi connectivity index (χ0v) is 31.2. The van der Waals surface area contributed by atoms with Crippen LogP contribution in [0.1, 0.15) is 11.1 Å². The van der Waals surface area contributed by atoms with Gasteiger partial charge in [0.05, 0.1) is 31.2 Å². The highest BCUT2D eigenvalue weighted by Gasteiger charge is 2.16. The van der Waals surface area contributed by atoms with Gasteiger partial charge in [-0.1, -0.05) is 48.5 Å². The van der Waals surface area contributed by atoms with Gasteiger partial charge in [-0.05, 0) is 59.7 Å². The summed E-state index contributed by atoms with van der Waals surface area (Å²) in [7, 11) is 1.61. The normalized spacial score (nSPS) is 11.2. The number of anilines is 2. The van der Waals surface area contributed by atoms with Crippen LogP contribution in [0.15, 0.2) is 122 Å². The number of fused-ring (bicyclic) bond motifs is 4. The number of aromatic hydroxyl groups is 1. The molecule has 14 nitrogen and oxygen atoms in total. The van der Waals surface area contributed by atoms with Crippen LogP contribution in [0.4, 0.5) is 20.4 Å². The molecule has 6 heterocycles. The number of aromatic nitrogens is 10. The Morgan fingerprint density at radius 3 is 1.64 bits per heavy atom. The molecule has 6 aromatic heterocycles. The second-order valence-electron chi connectivity index (χ2n) is 13.2. The van der Waals surface area contributed by atoms with Crippen molar-refractivity contribution in [2.45, 2.75) is 13.1 Å². The van der Waals surface area contributed by atoms with Crippen molar-refractivity contribution in [3.05, 3.63) is 145 Å². The Hall–Kier alpha value is -8.14. The van der Waals surface area contributed by atoms with E-state index in [4.69, 9.17) is 9.72 Å². The number of aromatic amines is 2. The standard InChI is InChI=1S/C22H17FN6O.C21H15FN6O/c1-30-17-7-3-5-13-8-15(10-24-21-20-22(26-11-25-20)28-12-27-21)18(29-19(13)17)14-4-2-6-16(23)9-14;22-15-5-1-3-13(8-15)17-14(7-12-4-2-6-16(29)18(12)28-17)9-23-20-19-21(25-10-24-19)27-11-26-20/h2-9,11-12H,10H2,1H3,(H2,24,25,26,27,28);1-8,10-11,29H,9H2,(H2,23,24,25,26,27). The Morgan fingerprint density at radius 1 is 0.593 bits per heavy atom. The molecule has 0 aliphatic heterocycles. The number of ether oxygens (including phenoxy) is 1. The monoisotopic (exact) mass is 786 g/mol. The quantitative estimate of drug-likeness (QED) is 0.0942. The van der Waals surface area contributed by atoms with Crippen molar-refractivity contribution in [1.29, 1.82) is 0 Å². The average Bonchev–Trinajstić information content (AvgIpc) is 3.96. The molecule has 4 aromatic carbocycles. The summed E-state index contributed by atoms with van der Waals surface area (Å²) in [4.78, 5) is 40.6. The molecular formula is C43H32F2N12O2. The molecule has 0 aliphatic carbocycles. The maximum absolute atomic E-state index is 13.9. The fourth-order valence-electron chi connectivity index (χ4n) is 6.80. The van der Waals surface area contributed by atoms with Crippen molar-refractivity contribution in [3.8, 4) is 34.0 Å². The third kappa shape index (κ3) is 7.44. The number of imidazole rings is 2. The number of halogens is 2. The smallest absolute Gasteiger partial charge is 0.182 e. The van der Waals surface area contributed by atoms with E-state index in [-0.39, 0.29) is 17.4 Å². The van der Waals surface area contributed by atoms with E-state index in [0.29, 0.717) is 75.3 Å². The number of methoxy groups -OCH3 is 1. The third-order valence-corrected chi connectivity index (χ3v) is 9.55. The molecular weight excluding hydrogens is 755 g/mol. The minimum Gasteiger partial charge on any atom is -0.506 e. The summed E-state index contributed by atoms with van der Waals surface area (Å²) in [6.07, 6.45) is 6.04. The fourth-order valence-corrected chi connectivity index (χ4v) is 6.80. The highest BCUT2D eigenvalue weighted by atomic mass is 19.1. The molecule has 290 valence electrons. The van der Waals surface area contributed by atoms with Crippen molar-refractivity contribution in [2.24, 2.45) is 0 Å². The molecule has 16 heteroatoms.